The third kappa shape index (κ3) is 86.1. The smallest absolute Gasteiger partial charge is 0.323 e. The first-order chi connectivity index (χ1) is 59.1. The van der Waals surface area contributed by atoms with Crippen LogP contribution in [0, 0.1) is 11.8 Å². The second-order valence-electron chi connectivity index (χ2n) is 39.5. The molecule has 0 bridgehead atoms. The lowest BCUT2D eigenvalue weighted by Crippen LogP contribution is -2.48. The number of esters is 2. The molecule has 0 aliphatic carbocycles. The second-order valence-corrected chi connectivity index (χ2v) is 55.3. The van der Waals surface area contributed by atoms with Crippen molar-refractivity contribution in [2.24, 2.45) is 11.8 Å². The quantitative estimate of drug-likeness (QED) is 0.0257. The molecular weight excluding hydrogens is 1580 g/mol. The van der Waals surface area contributed by atoms with Crippen LogP contribution in [0.2, 0.25) is 64.5 Å². The minimum absolute atomic E-state index is 0.0610. The van der Waals surface area contributed by atoms with E-state index >= 15 is 0 Å². The van der Waals surface area contributed by atoms with E-state index in [4.69, 9.17) is 36.0 Å². The highest BCUT2D eigenvalue weighted by Gasteiger charge is 2.38. The molecule has 0 radical (unpaired) electrons. The molecule has 2 N–H and O–H groups in total. The van der Waals surface area contributed by atoms with Crippen LogP contribution in [0.1, 0.15) is 492 Å². The summed E-state index contributed by atoms with van der Waals surface area (Å²) in [5, 5.41) is 18.9. The standard InChI is InChI=1S/2C52H109NO6Si2/c2*1-9-13-17-21-24-31-41-50(40-30-20-16-12-4)52(55)57-48-38-27-25-33-43-53(45-35-36-46-54)44-34-29-32-42-51(56-47-37-26-22-18-14-10-2)58-61(7,8)59-60(5,6)49-39-28-23-19-15-11-3/h2*50-51,54H,9-49H2,1-8H3. The van der Waals surface area contributed by atoms with Gasteiger partial charge in [-0.25, -0.2) is 0 Å². The Morgan fingerprint density at radius 3 is 0.721 bits per heavy atom. The minimum atomic E-state index is -2.35. The van der Waals surface area contributed by atoms with Crippen molar-refractivity contribution in [1.29, 1.82) is 0 Å². The first-order valence-corrected chi connectivity index (χ1v) is 65.9. The van der Waals surface area contributed by atoms with Crippen molar-refractivity contribution < 1.29 is 55.8 Å². The highest BCUT2D eigenvalue weighted by Crippen LogP contribution is 2.30. The number of aliphatic hydroxyl groups is 2. The maximum absolute atomic E-state index is 13.1. The van der Waals surface area contributed by atoms with Crippen molar-refractivity contribution >= 4 is 45.7 Å². The van der Waals surface area contributed by atoms with Gasteiger partial charge in [-0.1, -0.05) is 364 Å². The van der Waals surface area contributed by atoms with Gasteiger partial charge in [-0.15, -0.1) is 0 Å². The Morgan fingerprint density at radius 1 is 0.246 bits per heavy atom. The Morgan fingerprint density at radius 2 is 0.451 bits per heavy atom. The third-order valence-corrected chi connectivity index (χ3v) is 38.0. The summed E-state index contributed by atoms with van der Waals surface area (Å²) in [5.74, 6) is 0.303. The highest BCUT2D eigenvalue weighted by molar-refractivity contribution is 6.82. The zero-order chi connectivity index (χ0) is 90.3. The van der Waals surface area contributed by atoms with E-state index in [2.05, 4.69) is 118 Å². The molecule has 0 saturated carbocycles. The zero-order valence-electron chi connectivity index (χ0n) is 85.2. The Kier molecular flexibility index (Phi) is 92.0. The second kappa shape index (κ2) is 90.9. The molecule has 0 aromatic heterocycles. The summed E-state index contributed by atoms with van der Waals surface area (Å²) >= 11 is 0. The minimum Gasteiger partial charge on any atom is -0.465 e. The van der Waals surface area contributed by atoms with E-state index in [1.54, 1.807) is 0 Å². The van der Waals surface area contributed by atoms with E-state index in [0.29, 0.717) is 13.2 Å². The van der Waals surface area contributed by atoms with Gasteiger partial charge in [-0.3, -0.25) is 9.59 Å². The van der Waals surface area contributed by atoms with Gasteiger partial charge in [0.1, 0.15) is 12.6 Å². The maximum atomic E-state index is 13.1. The molecule has 0 aliphatic heterocycles. The van der Waals surface area contributed by atoms with E-state index in [1.807, 2.05) is 0 Å². The van der Waals surface area contributed by atoms with Crippen molar-refractivity contribution in [3.8, 4) is 0 Å². The van der Waals surface area contributed by atoms with Crippen LogP contribution in [-0.4, -0.2) is 157 Å². The van der Waals surface area contributed by atoms with Crippen LogP contribution >= 0.6 is 0 Å². The topological polar surface area (TPSA) is 155 Å². The lowest BCUT2D eigenvalue weighted by Gasteiger charge is -2.36. The number of rotatable bonds is 98. The summed E-state index contributed by atoms with van der Waals surface area (Å²) < 4.78 is 52.2. The summed E-state index contributed by atoms with van der Waals surface area (Å²) in [5.41, 5.74) is 0. The number of hydrogen-bond acceptors (Lipinski definition) is 14. The van der Waals surface area contributed by atoms with Gasteiger partial charge >= 0.3 is 29.1 Å². The molecule has 14 nitrogen and oxygen atoms in total. The molecule has 0 aromatic rings. The Bertz CT molecular complexity index is 1990. The van der Waals surface area contributed by atoms with Crippen LogP contribution in [-0.2, 0) is 45.6 Å². The Labute approximate surface area is 766 Å². The number of aliphatic hydroxyl groups excluding tert-OH is 2. The monoisotopic (exact) mass is 1800 g/mol. The lowest BCUT2D eigenvalue weighted by atomic mass is 9.94. The predicted molar refractivity (Wildman–Crippen MR) is 539 cm³/mol. The van der Waals surface area contributed by atoms with Gasteiger partial charge in [-0.2, -0.15) is 0 Å². The number of ether oxygens (including phenoxy) is 4. The third-order valence-electron chi connectivity index (χ3n) is 24.9. The van der Waals surface area contributed by atoms with Crippen LogP contribution < -0.4 is 0 Å². The summed E-state index contributed by atoms with van der Waals surface area (Å²) in [6.45, 7) is 46.4. The molecule has 4 atom stereocenters. The summed E-state index contributed by atoms with van der Waals surface area (Å²) in [6, 6.07) is 2.43. The highest BCUT2D eigenvalue weighted by atomic mass is 28.4. The molecule has 122 heavy (non-hydrogen) atoms. The molecule has 0 saturated heterocycles. The van der Waals surface area contributed by atoms with Crippen molar-refractivity contribution in [2.45, 2.75) is 569 Å². The van der Waals surface area contributed by atoms with E-state index < -0.39 is 33.8 Å². The van der Waals surface area contributed by atoms with Crippen molar-refractivity contribution in [2.75, 3.05) is 78.9 Å². The SMILES string of the molecule is CCCCCCCCOC(CCCCCN(CCCCO)CCCCCCOC(=O)C(CCCCCC)CCCCCCCC)O[Si](C)(C)O[Si](C)(C)CCCCCCCC.CCCCCCCCOC(CCCCCN(CCCCO)CCCCCCOC(=O)C(CCCCCC)CCCCCCCC)O[Si](C)(C)O[Si](C)(C)CCCCCCCC. The molecule has 732 valence electrons. The van der Waals surface area contributed by atoms with Gasteiger partial charge in [0.15, 0.2) is 16.6 Å². The normalized spacial score (nSPS) is 13.3. The van der Waals surface area contributed by atoms with Crippen molar-refractivity contribution in [3.05, 3.63) is 0 Å². The molecule has 0 rings (SSSR count). The molecule has 4 unspecified atom stereocenters. The summed E-state index contributed by atoms with van der Waals surface area (Å²) in [7, 11) is -8.31. The molecule has 0 amide bonds. The number of carbonyl (C=O) groups excluding carboxylic acids is 2. The average molecular weight is 1800 g/mol. The molecular formula is C104H218N2O12Si4. The van der Waals surface area contributed by atoms with Gasteiger partial charge in [-0.05, 0) is 232 Å². The van der Waals surface area contributed by atoms with Gasteiger partial charge < -0.3 is 56.0 Å². The zero-order valence-corrected chi connectivity index (χ0v) is 89.2. The fraction of sp³-hybridized carbons (Fsp3) is 0.981. The van der Waals surface area contributed by atoms with Crippen LogP contribution in [0.3, 0.4) is 0 Å². The fourth-order valence-electron chi connectivity index (χ4n) is 17.4. The van der Waals surface area contributed by atoms with E-state index in [9.17, 15) is 19.8 Å². The number of unbranched alkanes of at least 4 members (excludes halogenated alkanes) is 48. The molecule has 0 spiro atoms. The largest absolute Gasteiger partial charge is 0.465 e. The van der Waals surface area contributed by atoms with E-state index in [1.165, 1.54) is 307 Å². The number of nitrogens with zero attached hydrogens (tertiary/aromatic N) is 2. The molecule has 0 aromatic carbocycles. The lowest BCUT2D eigenvalue weighted by molar-refractivity contribution is -0.150. The van der Waals surface area contributed by atoms with Crippen LogP contribution in [0.5, 0.6) is 0 Å². The fourth-order valence-corrected chi connectivity index (χ4v) is 33.1. The molecule has 0 aliphatic rings. The van der Waals surface area contributed by atoms with Gasteiger partial charge in [0.25, 0.3) is 0 Å². The Hall–Kier alpha value is -0.592. The van der Waals surface area contributed by atoms with Crippen LogP contribution in [0.15, 0.2) is 0 Å². The first kappa shape index (κ1) is 123. The van der Waals surface area contributed by atoms with Crippen molar-refractivity contribution in [1.82, 2.24) is 9.80 Å². The predicted octanol–water partition coefficient (Wildman–Crippen LogP) is 32.1. The van der Waals surface area contributed by atoms with E-state index in [0.717, 1.165) is 194 Å². The maximum Gasteiger partial charge on any atom is 0.323 e. The first-order valence-electron chi connectivity index (χ1n) is 54.1. The van der Waals surface area contributed by atoms with Crippen LogP contribution in [0.4, 0.5) is 0 Å². The average Bonchev–Trinajstić information content (AvgIpc) is 0.859. The molecule has 0 fully saturated rings. The molecule has 0 heterocycles. The van der Waals surface area contributed by atoms with Gasteiger partial charge in [0.05, 0.1) is 25.0 Å². The van der Waals surface area contributed by atoms with Gasteiger partial charge in [0, 0.05) is 26.4 Å². The number of hydrogen-bond donors (Lipinski definition) is 2. The summed E-state index contributed by atoms with van der Waals surface area (Å²) in [4.78, 5) is 31.4. The van der Waals surface area contributed by atoms with E-state index in [-0.39, 0.29) is 49.6 Å². The Balaban J connectivity index is 0. The van der Waals surface area contributed by atoms with Crippen LogP contribution in [0.25, 0.3) is 0 Å². The number of carbonyl (C=O) groups is 2. The van der Waals surface area contributed by atoms with Gasteiger partial charge in [0.2, 0.25) is 0 Å². The summed E-state index contributed by atoms with van der Waals surface area (Å²) in [6.07, 6.45) is 81.2. The molecule has 18 heteroatoms. The van der Waals surface area contributed by atoms with Crippen molar-refractivity contribution in [3.63, 3.8) is 0 Å².